The number of methoxy groups -OCH3 is 1. The van der Waals surface area contributed by atoms with Gasteiger partial charge in [-0.05, 0) is 56.2 Å². The summed E-state index contributed by atoms with van der Waals surface area (Å²) in [7, 11) is 1.41. The van der Waals surface area contributed by atoms with Crippen LogP contribution in [0.2, 0.25) is 0 Å². The molecule has 31 nitrogen and oxygen atoms in total. The number of hydrogen-bond donors (Lipinski definition) is 17. The summed E-state index contributed by atoms with van der Waals surface area (Å²) in [5, 5.41) is 31.2. The molecule has 13 amide bonds. The van der Waals surface area contributed by atoms with Crippen LogP contribution >= 0.6 is 25.3 Å². The second-order valence-corrected chi connectivity index (χ2v) is 18.3. The Labute approximate surface area is 458 Å². The quantitative estimate of drug-likeness (QED) is 0.0132. The predicted octanol–water partition coefficient (Wildman–Crippen LogP) is -7.04. The summed E-state index contributed by atoms with van der Waals surface area (Å²) >= 11 is 8.08. The fourth-order valence-corrected chi connectivity index (χ4v) is 8.12. The average Bonchev–Trinajstić information content (AvgIpc) is 3.88. The van der Waals surface area contributed by atoms with Crippen LogP contribution in [0.3, 0.4) is 0 Å². The molecule has 33 heteroatoms. The van der Waals surface area contributed by atoms with Gasteiger partial charge in [0.2, 0.25) is 65.0 Å². The highest BCUT2D eigenvalue weighted by atomic mass is 32.1. The van der Waals surface area contributed by atoms with Gasteiger partial charge < -0.3 is 91.3 Å². The van der Waals surface area contributed by atoms with Crippen molar-refractivity contribution in [2.45, 2.75) is 113 Å². The van der Waals surface area contributed by atoms with Crippen LogP contribution in [0.5, 0.6) is 5.75 Å². The van der Waals surface area contributed by atoms with Gasteiger partial charge in [0, 0.05) is 44.5 Å². The van der Waals surface area contributed by atoms with E-state index in [1.807, 2.05) is 0 Å². The zero-order chi connectivity index (χ0) is 58.6. The molecule has 0 unspecified atom stereocenters. The lowest BCUT2D eigenvalue weighted by molar-refractivity contribution is -0.143. The molecule has 1 aromatic carbocycles. The number of rotatable bonds is 34. The molecule has 0 aliphatic carbocycles. The topological polar surface area (TPSA) is 505 Å². The minimum Gasteiger partial charge on any atom is -0.497 e. The van der Waals surface area contributed by atoms with E-state index in [1.54, 1.807) is 24.3 Å². The summed E-state index contributed by atoms with van der Waals surface area (Å²) in [6, 6.07) is -6.28. The Bertz CT molecular complexity index is 2360. The summed E-state index contributed by atoms with van der Waals surface area (Å²) in [6.07, 6.45) is -1.82. The molecule has 1 aliphatic rings. The number of carbonyl (C=O) groups excluding carboxylic acids is 12. The summed E-state index contributed by atoms with van der Waals surface area (Å²) in [5.41, 5.74) is 27.2. The first kappa shape index (κ1) is 66.0. The molecule has 2 rings (SSSR count). The number of nitrogens with two attached hydrogens (primary N) is 5. The molecular formula is C45H70N16O15S2. The molecule has 432 valence electrons. The number of hydrogen-bond acceptors (Lipinski definition) is 17. The maximum absolute atomic E-state index is 14.1. The van der Waals surface area contributed by atoms with Crippen LogP contribution in [-0.4, -0.2) is 186 Å². The lowest BCUT2D eigenvalue weighted by atomic mass is 10.0. The first-order chi connectivity index (χ1) is 36.8. The molecule has 1 heterocycles. The number of primary amides is 3. The molecular weight excluding hydrogens is 1070 g/mol. The number of guanidine groups is 1. The molecule has 8 atom stereocenters. The monoisotopic (exact) mass is 1140 g/mol. The van der Waals surface area contributed by atoms with E-state index in [1.165, 1.54) is 7.11 Å². The van der Waals surface area contributed by atoms with Crippen molar-refractivity contribution in [2.24, 2.45) is 33.7 Å². The number of carbonyl (C=O) groups is 13. The lowest BCUT2D eigenvalue weighted by Gasteiger charge is -2.30. The number of carboxylic acid groups (broad SMARTS) is 1. The number of carboxylic acids is 1. The van der Waals surface area contributed by atoms with Gasteiger partial charge >= 0.3 is 12.0 Å². The highest BCUT2D eigenvalue weighted by Gasteiger charge is 2.40. The number of benzene rings is 1. The van der Waals surface area contributed by atoms with Gasteiger partial charge in [-0.15, -0.1) is 0 Å². The maximum Gasteiger partial charge on any atom is 0.312 e. The number of aliphatic imine (C=N–C) groups is 1. The van der Waals surface area contributed by atoms with E-state index in [0.717, 1.165) is 11.8 Å². The first-order valence-corrected chi connectivity index (χ1v) is 25.5. The Balaban J connectivity index is 2.37. The number of ether oxygens (including phenoxy) is 1. The van der Waals surface area contributed by atoms with Gasteiger partial charge in [-0.25, -0.2) is 4.79 Å². The largest absolute Gasteiger partial charge is 0.497 e. The van der Waals surface area contributed by atoms with E-state index in [4.69, 9.17) is 33.4 Å². The number of urea groups is 1. The van der Waals surface area contributed by atoms with Crippen molar-refractivity contribution < 1.29 is 72.2 Å². The molecule has 0 aromatic heterocycles. The standard InChI is InChI=1S/C45H70N16O15S2/c1-22(62)54-31(21-78)41(72)59-29(17-33(46)63)43(74)61-15-5-8-32(61)42(73)57-25(6-3-13-51-44(48)49)37(68)53-19-34(64)55-28(18-35(65)66)40(71)58-27(16-23-9-11-24(76-2)12-10-23)39(70)56-26(7-4-14-52-45(50)75)38(69)60-30(20-77)36(47)67/h9-12,25-32,77-78H,3-8,13-21H2,1-2H3,(H2,46,63)(H2,47,67)(H,53,68)(H,54,62)(H,55,64)(H,56,70)(H,57,73)(H,58,71)(H,59,72)(H,60,69)(H,65,66)(H4,48,49,51)(H3,50,52,75)/t25-,26-,27-,28-,29-,30-,31-,32-/m0/s1. The lowest BCUT2D eigenvalue weighted by Crippen LogP contribution is -2.59. The second-order valence-electron chi connectivity index (χ2n) is 17.6. The van der Waals surface area contributed by atoms with Gasteiger partial charge in [0.15, 0.2) is 5.96 Å². The second kappa shape index (κ2) is 33.8. The van der Waals surface area contributed by atoms with Crippen LogP contribution in [-0.2, 0) is 64.0 Å². The van der Waals surface area contributed by atoms with Gasteiger partial charge in [0.05, 0.1) is 26.5 Å². The summed E-state index contributed by atoms with van der Waals surface area (Å²) in [4.78, 5) is 173. The molecule has 0 spiro atoms. The number of nitrogens with zero attached hydrogens (tertiary/aromatic N) is 2. The molecule has 1 fully saturated rings. The zero-order valence-corrected chi connectivity index (χ0v) is 44.7. The number of amides is 13. The fraction of sp³-hybridized carbons (Fsp3) is 0.556. The van der Waals surface area contributed by atoms with Gasteiger partial charge in [-0.1, -0.05) is 12.1 Å². The molecule has 20 N–H and O–H groups in total. The molecule has 0 radical (unpaired) electrons. The molecule has 1 aromatic rings. The fourth-order valence-electron chi connectivity index (χ4n) is 7.59. The Hall–Kier alpha value is -8.10. The zero-order valence-electron chi connectivity index (χ0n) is 42.9. The van der Waals surface area contributed by atoms with Crippen molar-refractivity contribution in [3.63, 3.8) is 0 Å². The first-order valence-electron chi connectivity index (χ1n) is 24.2. The number of aliphatic carboxylic acids is 1. The van der Waals surface area contributed by atoms with Crippen molar-refractivity contribution in [1.29, 1.82) is 0 Å². The third-order valence-electron chi connectivity index (χ3n) is 11.4. The normalized spacial score (nSPS) is 15.3. The van der Waals surface area contributed by atoms with E-state index in [-0.39, 0.29) is 82.0 Å². The van der Waals surface area contributed by atoms with E-state index >= 15 is 0 Å². The van der Waals surface area contributed by atoms with Crippen LogP contribution < -0.4 is 81.3 Å². The van der Waals surface area contributed by atoms with Crippen molar-refractivity contribution in [3.05, 3.63) is 29.8 Å². The van der Waals surface area contributed by atoms with Crippen LogP contribution in [0.25, 0.3) is 0 Å². The molecule has 0 saturated carbocycles. The Kier molecular flexibility index (Phi) is 28.6. The van der Waals surface area contributed by atoms with E-state index in [2.05, 4.69) is 78.1 Å². The van der Waals surface area contributed by atoms with E-state index in [0.29, 0.717) is 11.3 Å². The summed E-state index contributed by atoms with van der Waals surface area (Å²) in [5.74, 6) is -12.1. The van der Waals surface area contributed by atoms with Crippen molar-refractivity contribution in [3.8, 4) is 5.75 Å². The molecule has 0 bridgehead atoms. The van der Waals surface area contributed by atoms with E-state index in [9.17, 15) is 67.4 Å². The van der Waals surface area contributed by atoms with Crippen LogP contribution in [0.15, 0.2) is 29.3 Å². The molecule has 78 heavy (non-hydrogen) atoms. The van der Waals surface area contributed by atoms with Crippen molar-refractivity contribution in [2.75, 3.05) is 44.8 Å². The Morgan fingerprint density at radius 3 is 1.81 bits per heavy atom. The van der Waals surface area contributed by atoms with Crippen LogP contribution in [0.1, 0.15) is 63.9 Å². The van der Waals surface area contributed by atoms with Crippen molar-refractivity contribution >= 4 is 108 Å². The van der Waals surface area contributed by atoms with Gasteiger partial charge in [0.25, 0.3) is 0 Å². The highest BCUT2D eigenvalue weighted by molar-refractivity contribution is 7.80. The van der Waals surface area contributed by atoms with Crippen molar-refractivity contribution in [1.82, 2.24) is 52.8 Å². The Morgan fingerprint density at radius 2 is 1.24 bits per heavy atom. The third kappa shape index (κ3) is 23.8. The average molecular weight is 1140 g/mol. The highest BCUT2D eigenvalue weighted by Crippen LogP contribution is 2.20. The minimum atomic E-state index is -1.90. The smallest absolute Gasteiger partial charge is 0.312 e. The van der Waals surface area contributed by atoms with E-state index < -0.39 is 145 Å². The minimum absolute atomic E-state index is 0.0195. The molecule has 1 aliphatic heterocycles. The predicted molar refractivity (Wildman–Crippen MR) is 283 cm³/mol. The van der Waals surface area contributed by atoms with Gasteiger partial charge in [0.1, 0.15) is 54.1 Å². The summed E-state index contributed by atoms with van der Waals surface area (Å²) in [6.45, 7) is 0.167. The maximum atomic E-state index is 14.1. The Morgan fingerprint density at radius 1 is 0.679 bits per heavy atom. The number of nitrogens with one attached hydrogen (secondary N) is 9. The van der Waals surface area contributed by atoms with Crippen LogP contribution in [0, 0.1) is 0 Å². The summed E-state index contributed by atoms with van der Waals surface area (Å²) < 4.78 is 5.19. The number of thiol groups is 2. The van der Waals surface area contributed by atoms with Gasteiger partial charge in [-0.3, -0.25) is 62.5 Å². The third-order valence-corrected chi connectivity index (χ3v) is 12.2. The van der Waals surface area contributed by atoms with Crippen LogP contribution in [0.4, 0.5) is 4.79 Å². The number of likely N-dealkylation sites (tertiary alicyclic amines) is 1. The molecule has 1 saturated heterocycles. The SMILES string of the molecule is COc1ccc(C[C@H](NC(=O)[C@H](CC(=O)O)NC(=O)CNC(=O)[C@H](CCCN=C(N)N)NC(=O)[C@@H]2CCCN2C(=O)[C@H](CC(N)=O)NC(=O)[C@H](CS)NC(C)=O)C(=O)N[C@@H](CCCNC(N)=O)C(=O)N[C@@H](CS)C(N)=O)cc1. The van der Waals surface area contributed by atoms with Gasteiger partial charge in [-0.2, -0.15) is 25.3 Å².